The summed E-state index contributed by atoms with van der Waals surface area (Å²) in [5.74, 6) is 0.711. The highest BCUT2D eigenvalue weighted by molar-refractivity contribution is 5.50. The largest absolute Gasteiger partial charge is 0.330 e. The Hall–Kier alpha value is -1.08. The molecule has 17 heavy (non-hydrogen) atoms. The van der Waals surface area contributed by atoms with Gasteiger partial charge in [-0.3, -0.25) is 0 Å². The molecule has 0 unspecified atom stereocenters. The SMILES string of the molecule is CCC(/C=C/c1cccc(CCCN)c1)CC. The number of allylic oxidation sites excluding steroid dienone is 1. The molecule has 0 atom stereocenters. The van der Waals surface area contributed by atoms with Crippen LogP contribution in [0.1, 0.15) is 44.2 Å². The first-order valence-corrected chi connectivity index (χ1v) is 6.77. The molecule has 0 saturated heterocycles. The Morgan fingerprint density at radius 3 is 2.65 bits per heavy atom. The lowest BCUT2D eigenvalue weighted by Crippen LogP contribution is -2.00. The molecule has 0 bridgehead atoms. The van der Waals surface area contributed by atoms with Crippen LogP contribution >= 0.6 is 0 Å². The third-order valence-corrected chi connectivity index (χ3v) is 3.23. The van der Waals surface area contributed by atoms with Crippen molar-refractivity contribution in [1.82, 2.24) is 0 Å². The molecule has 94 valence electrons. The fourth-order valence-electron chi connectivity index (χ4n) is 1.97. The maximum absolute atomic E-state index is 5.53. The maximum Gasteiger partial charge on any atom is -0.00741 e. The van der Waals surface area contributed by atoms with E-state index >= 15 is 0 Å². The zero-order chi connectivity index (χ0) is 12.5. The van der Waals surface area contributed by atoms with Crippen molar-refractivity contribution in [2.75, 3.05) is 6.54 Å². The summed E-state index contributed by atoms with van der Waals surface area (Å²) in [6, 6.07) is 8.77. The number of nitrogens with two attached hydrogens (primary N) is 1. The fraction of sp³-hybridized carbons (Fsp3) is 0.500. The Morgan fingerprint density at radius 1 is 1.24 bits per heavy atom. The summed E-state index contributed by atoms with van der Waals surface area (Å²) >= 11 is 0. The van der Waals surface area contributed by atoms with Crippen molar-refractivity contribution >= 4 is 6.08 Å². The molecule has 0 radical (unpaired) electrons. The minimum atomic E-state index is 0.711. The molecular weight excluding hydrogens is 206 g/mol. The van der Waals surface area contributed by atoms with Gasteiger partial charge in [-0.05, 0) is 49.3 Å². The normalized spacial score (nSPS) is 11.5. The van der Waals surface area contributed by atoms with E-state index in [2.05, 4.69) is 50.3 Å². The van der Waals surface area contributed by atoms with Crippen LogP contribution in [0.25, 0.3) is 6.08 Å². The molecule has 1 rings (SSSR count). The van der Waals surface area contributed by atoms with Crippen molar-refractivity contribution in [1.29, 1.82) is 0 Å². The summed E-state index contributed by atoms with van der Waals surface area (Å²) in [5.41, 5.74) is 8.24. The average molecular weight is 231 g/mol. The summed E-state index contributed by atoms with van der Waals surface area (Å²) in [5, 5.41) is 0. The summed E-state index contributed by atoms with van der Waals surface area (Å²) in [6.07, 6.45) is 9.19. The van der Waals surface area contributed by atoms with Crippen molar-refractivity contribution < 1.29 is 0 Å². The number of rotatable bonds is 7. The van der Waals surface area contributed by atoms with E-state index in [1.807, 2.05) is 0 Å². The van der Waals surface area contributed by atoms with E-state index in [1.165, 1.54) is 24.0 Å². The summed E-state index contributed by atoms with van der Waals surface area (Å²) in [4.78, 5) is 0. The molecule has 0 heterocycles. The van der Waals surface area contributed by atoms with Gasteiger partial charge in [-0.25, -0.2) is 0 Å². The second kappa shape index (κ2) is 8.08. The lowest BCUT2D eigenvalue weighted by Gasteiger charge is -2.05. The predicted octanol–water partition coefficient (Wildman–Crippen LogP) is 4.03. The van der Waals surface area contributed by atoms with Crippen LogP contribution in [0.15, 0.2) is 30.3 Å². The van der Waals surface area contributed by atoms with Gasteiger partial charge < -0.3 is 5.73 Å². The molecule has 1 heteroatoms. The number of hydrogen-bond acceptors (Lipinski definition) is 1. The first kappa shape index (κ1) is 14.0. The summed E-state index contributed by atoms with van der Waals surface area (Å²) in [7, 11) is 0. The highest BCUT2D eigenvalue weighted by Gasteiger charge is 1.97. The topological polar surface area (TPSA) is 26.0 Å². The smallest absolute Gasteiger partial charge is 0.00741 e. The van der Waals surface area contributed by atoms with Gasteiger partial charge in [0.15, 0.2) is 0 Å². The minimum absolute atomic E-state index is 0.711. The van der Waals surface area contributed by atoms with E-state index in [9.17, 15) is 0 Å². The van der Waals surface area contributed by atoms with Gasteiger partial charge in [0.1, 0.15) is 0 Å². The maximum atomic E-state index is 5.53. The fourth-order valence-corrected chi connectivity index (χ4v) is 1.97. The van der Waals surface area contributed by atoms with E-state index in [-0.39, 0.29) is 0 Å². The molecular formula is C16H25N. The zero-order valence-corrected chi connectivity index (χ0v) is 11.2. The lowest BCUT2D eigenvalue weighted by atomic mass is 10.0. The van der Waals surface area contributed by atoms with Crippen molar-refractivity contribution in [2.45, 2.75) is 39.5 Å². The average Bonchev–Trinajstić information content (AvgIpc) is 2.38. The Labute approximate surface area is 106 Å². The molecule has 0 amide bonds. The second-order valence-corrected chi connectivity index (χ2v) is 4.57. The molecule has 0 saturated carbocycles. The number of benzene rings is 1. The van der Waals surface area contributed by atoms with Crippen LogP contribution in [-0.2, 0) is 6.42 Å². The third-order valence-electron chi connectivity index (χ3n) is 3.23. The van der Waals surface area contributed by atoms with Crippen LogP contribution in [0.4, 0.5) is 0 Å². The van der Waals surface area contributed by atoms with Gasteiger partial charge >= 0.3 is 0 Å². The first-order chi connectivity index (χ1) is 8.30. The zero-order valence-electron chi connectivity index (χ0n) is 11.2. The van der Waals surface area contributed by atoms with Gasteiger partial charge in [0.25, 0.3) is 0 Å². The highest BCUT2D eigenvalue weighted by atomic mass is 14.5. The van der Waals surface area contributed by atoms with Gasteiger partial charge in [-0.15, -0.1) is 0 Å². The molecule has 0 aliphatic rings. The molecule has 0 aromatic heterocycles. The first-order valence-electron chi connectivity index (χ1n) is 6.77. The molecule has 1 nitrogen and oxygen atoms in total. The lowest BCUT2D eigenvalue weighted by molar-refractivity contribution is 0.608. The van der Waals surface area contributed by atoms with Crippen molar-refractivity contribution in [3.63, 3.8) is 0 Å². The molecule has 1 aromatic rings. The van der Waals surface area contributed by atoms with Gasteiger partial charge in [0.05, 0.1) is 0 Å². The van der Waals surface area contributed by atoms with Crippen LogP contribution in [-0.4, -0.2) is 6.54 Å². The quantitative estimate of drug-likeness (QED) is 0.753. The molecule has 0 fully saturated rings. The van der Waals surface area contributed by atoms with Gasteiger partial charge in [-0.1, -0.05) is 50.3 Å². The van der Waals surface area contributed by atoms with E-state index in [1.54, 1.807) is 0 Å². The van der Waals surface area contributed by atoms with E-state index in [0.717, 1.165) is 19.4 Å². The van der Waals surface area contributed by atoms with Gasteiger partial charge in [0.2, 0.25) is 0 Å². The van der Waals surface area contributed by atoms with Crippen molar-refractivity contribution in [2.24, 2.45) is 11.7 Å². The van der Waals surface area contributed by atoms with Crippen molar-refractivity contribution in [3.8, 4) is 0 Å². The molecule has 0 aliphatic carbocycles. The predicted molar refractivity (Wildman–Crippen MR) is 76.9 cm³/mol. The second-order valence-electron chi connectivity index (χ2n) is 4.57. The van der Waals surface area contributed by atoms with Gasteiger partial charge in [0, 0.05) is 0 Å². The van der Waals surface area contributed by atoms with Crippen LogP contribution in [0.2, 0.25) is 0 Å². The van der Waals surface area contributed by atoms with E-state index < -0.39 is 0 Å². The van der Waals surface area contributed by atoms with Crippen LogP contribution in [0, 0.1) is 5.92 Å². The van der Waals surface area contributed by atoms with Crippen LogP contribution in [0.3, 0.4) is 0 Å². The standard InChI is InChI=1S/C16H25N/c1-3-14(4-2)10-11-16-8-5-7-15(13-16)9-6-12-17/h5,7-8,10-11,13-14H,3-4,6,9,12,17H2,1-2H3/b11-10+. The Morgan fingerprint density at radius 2 is 2.00 bits per heavy atom. The molecule has 1 aromatic carbocycles. The van der Waals surface area contributed by atoms with Crippen LogP contribution in [0.5, 0.6) is 0 Å². The summed E-state index contributed by atoms with van der Waals surface area (Å²) in [6.45, 7) is 5.26. The highest BCUT2D eigenvalue weighted by Crippen LogP contribution is 2.14. The molecule has 2 N–H and O–H groups in total. The van der Waals surface area contributed by atoms with Crippen molar-refractivity contribution in [3.05, 3.63) is 41.5 Å². The molecule has 0 aliphatic heterocycles. The van der Waals surface area contributed by atoms with Crippen LogP contribution < -0.4 is 5.73 Å². The minimum Gasteiger partial charge on any atom is -0.330 e. The third kappa shape index (κ3) is 5.18. The van der Waals surface area contributed by atoms with E-state index in [4.69, 9.17) is 5.73 Å². The Bertz CT molecular complexity index is 337. The summed E-state index contributed by atoms with van der Waals surface area (Å²) < 4.78 is 0. The van der Waals surface area contributed by atoms with Gasteiger partial charge in [-0.2, -0.15) is 0 Å². The molecule has 0 spiro atoms. The monoisotopic (exact) mass is 231 g/mol. The Kier molecular flexibility index (Phi) is 6.64. The Balaban J connectivity index is 2.64. The number of aryl methyl sites for hydroxylation is 1. The van der Waals surface area contributed by atoms with E-state index in [0.29, 0.717) is 5.92 Å². The number of hydrogen-bond donors (Lipinski definition) is 1.